The van der Waals surface area contributed by atoms with E-state index in [9.17, 15) is 4.79 Å². The Kier molecular flexibility index (Phi) is 3.91. The molecule has 0 saturated carbocycles. The van der Waals surface area contributed by atoms with Crippen molar-refractivity contribution < 1.29 is 9.53 Å². The van der Waals surface area contributed by atoms with Gasteiger partial charge in [-0.1, -0.05) is 36.4 Å². The lowest BCUT2D eigenvalue weighted by Gasteiger charge is -1.98. The number of aromatic nitrogens is 2. The maximum Gasteiger partial charge on any atom is 0.309 e. The summed E-state index contributed by atoms with van der Waals surface area (Å²) in [5.41, 5.74) is 3.11. The lowest BCUT2D eigenvalue weighted by Crippen LogP contribution is -1.96. The fraction of sp³-hybridized carbons (Fsp3) is 0.143. The number of benzene rings is 1. The summed E-state index contributed by atoms with van der Waals surface area (Å²) in [5, 5.41) is 0. The molecule has 4 heteroatoms. The molecule has 2 aromatic rings. The van der Waals surface area contributed by atoms with Crippen molar-refractivity contribution in [3.8, 4) is 11.3 Å². The minimum Gasteiger partial charge on any atom is -0.469 e. The van der Waals surface area contributed by atoms with Crippen LogP contribution >= 0.6 is 0 Å². The number of rotatable bonds is 4. The molecule has 92 valence electrons. The summed E-state index contributed by atoms with van der Waals surface area (Å²) in [4.78, 5) is 18.0. The number of hydrogen-bond donors (Lipinski definition) is 1. The Labute approximate surface area is 105 Å². The van der Waals surface area contributed by atoms with Crippen LogP contribution in [0.2, 0.25) is 0 Å². The van der Waals surface area contributed by atoms with Gasteiger partial charge in [-0.05, 0) is 11.1 Å². The van der Waals surface area contributed by atoms with Gasteiger partial charge in [0.05, 0.1) is 31.7 Å². The lowest BCUT2D eigenvalue weighted by molar-refractivity contribution is -0.139. The zero-order valence-corrected chi connectivity index (χ0v) is 10.1. The fourth-order valence-corrected chi connectivity index (χ4v) is 1.56. The van der Waals surface area contributed by atoms with E-state index in [0.29, 0.717) is 6.42 Å². The minimum absolute atomic E-state index is 0.236. The van der Waals surface area contributed by atoms with Crippen LogP contribution in [0.1, 0.15) is 12.0 Å². The third-order valence-corrected chi connectivity index (χ3v) is 2.54. The van der Waals surface area contributed by atoms with E-state index in [-0.39, 0.29) is 5.97 Å². The molecule has 2 rings (SSSR count). The van der Waals surface area contributed by atoms with E-state index in [1.165, 1.54) is 7.11 Å². The van der Waals surface area contributed by atoms with E-state index in [4.69, 9.17) is 0 Å². The Morgan fingerprint density at radius 2 is 2.17 bits per heavy atom. The zero-order valence-electron chi connectivity index (χ0n) is 10.1. The number of H-pyrrole nitrogens is 1. The number of nitrogens with zero attached hydrogens (tertiary/aromatic N) is 1. The van der Waals surface area contributed by atoms with E-state index < -0.39 is 0 Å². The van der Waals surface area contributed by atoms with Crippen molar-refractivity contribution in [1.29, 1.82) is 0 Å². The van der Waals surface area contributed by atoms with Crippen LogP contribution < -0.4 is 0 Å². The maximum atomic E-state index is 10.9. The van der Waals surface area contributed by atoms with Crippen LogP contribution in [0.5, 0.6) is 0 Å². The molecular formula is C14H14N2O2. The molecule has 1 heterocycles. The molecule has 0 aliphatic rings. The van der Waals surface area contributed by atoms with Crippen molar-refractivity contribution in [3.63, 3.8) is 0 Å². The standard InChI is InChI=1S/C14H14N2O2/c1-18-14(17)4-2-3-11-5-7-12(8-6-11)13-9-15-10-16-13/h2-3,5-10H,4H2,1H3,(H,15,16). The van der Waals surface area contributed by atoms with Crippen molar-refractivity contribution in [3.05, 3.63) is 48.4 Å². The second-order valence-corrected chi connectivity index (χ2v) is 3.77. The average molecular weight is 242 g/mol. The largest absolute Gasteiger partial charge is 0.469 e. The Balaban J connectivity index is 2.02. The number of nitrogens with one attached hydrogen (secondary N) is 1. The van der Waals surface area contributed by atoms with Gasteiger partial charge in [0.25, 0.3) is 0 Å². The SMILES string of the molecule is COC(=O)CC=Cc1ccc(-c2cnc[nH]2)cc1. The fourth-order valence-electron chi connectivity index (χ4n) is 1.56. The summed E-state index contributed by atoms with van der Waals surface area (Å²) in [7, 11) is 1.38. The molecule has 4 nitrogen and oxygen atoms in total. The van der Waals surface area contributed by atoms with Gasteiger partial charge in [-0.2, -0.15) is 0 Å². The molecule has 0 amide bonds. The Morgan fingerprint density at radius 1 is 1.39 bits per heavy atom. The molecule has 0 bridgehead atoms. The third kappa shape index (κ3) is 3.07. The second kappa shape index (κ2) is 5.82. The van der Waals surface area contributed by atoms with E-state index in [2.05, 4.69) is 14.7 Å². The van der Waals surface area contributed by atoms with Gasteiger partial charge in [0.2, 0.25) is 0 Å². The summed E-state index contributed by atoms with van der Waals surface area (Å²) in [6.07, 6.45) is 7.41. The van der Waals surface area contributed by atoms with E-state index >= 15 is 0 Å². The smallest absolute Gasteiger partial charge is 0.309 e. The van der Waals surface area contributed by atoms with E-state index in [1.54, 1.807) is 18.6 Å². The molecule has 0 aliphatic carbocycles. The molecule has 0 radical (unpaired) electrons. The second-order valence-electron chi connectivity index (χ2n) is 3.77. The first-order valence-electron chi connectivity index (χ1n) is 5.62. The van der Waals surface area contributed by atoms with Crippen molar-refractivity contribution in [2.75, 3.05) is 7.11 Å². The van der Waals surface area contributed by atoms with E-state index in [0.717, 1.165) is 16.8 Å². The molecule has 0 saturated heterocycles. The van der Waals surface area contributed by atoms with Crippen LogP contribution in [0, 0.1) is 0 Å². The summed E-state index contributed by atoms with van der Waals surface area (Å²) < 4.78 is 4.55. The number of carbonyl (C=O) groups excluding carboxylic acids is 1. The lowest BCUT2D eigenvalue weighted by atomic mass is 10.1. The average Bonchev–Trinajstić information content (AvgIpc) is 2.93. The van der Waals surface area contributed by atoms with Crippen molar-refractivity contribution in [2.24, 2.45) is 0 Å². The number of carbonyl (C=O) groups is 1. The number of aromatic amines is 1. The van der Waals surface area contributed by atoms with Gasteiger partial charge in [-0.25, -0.2) is 4.98 Å². The molecule has 1 aromatic heterocycles. The highest BCUT2D eigenvalue weighted by Crippen LogP contribution is 2.17. The van der Waals surface area contributed by atoms with Crippen LogP contribution in [0.3, 0.4) is 0 Å². The van der Waals surface area contributed by atoms with Crippen LogP contribution in [-0.2, 0) is 9.53 Å². The van der Waals surface area contributed by atoms with Crippen molar-refractivity contribution >= 4 is 12.0 Å². The van der Waals surface area contributed by atoms with E-state index in [1.807, 2.05) is 30.3 Å². The van der Waals surface area contributed by atoms with Crippen molar-refractivity contribution in [1.82, 2.24) is 9.97 Å². The highest BCUT2D eigenvalue weighted by atomic mass is 16.5. The molecule has 0 spiro atoms. The quantitative estimate of drug-likeness (QED) is 0.838. The first-order valence-corrected chi connectivity index (χ1v) is 5.62. The molecule has 0 aliphatic heterocycles. The number of esters is 1. The van der Waals surface area contributed by atoms with Gasteiger partial charge in [0.1, 0.15) is 0 Å². The summed E-state index contributed by atoms with van der Waals surface area (Å²) in [5.74, 6) is -0.236. The van der Waals surface area contributed by atoms with Gasteiger partial charge in [0.15, 0.2) is 0 Å². The highest BCUT2D eigenvalue weighted by molar-refractivity contribution is 5.72. The number of ether oxygens (including phenoxy) is 1. The normalized spacial score (nSPS) is 10.7. The Bertz CT molecular complexity index is 527. The molecular weight excluding hydrogens is 228 g/mol. The predicted molar refractivity (Wildman–Crippen MR) is 69.7 cm³/mol. The molecule has 1 N–H and O–H groups in total. The van der Waals surface area contributed by atoms with Gasteiger partial charge in [-0.15, -0.1) is 0 Å². The molecule has 18 heavy (non-hydrogen) atoms. The molecule has 0 fully saturated rings. The third-order valence-electron chi connectivity index (χ3n) is 2.54. The molecule has 1 aromatic carbocycles. The molecule has 0 atom stereocenters. The Morgan fingerprint density at radius 3 is 2.78 bits per heavy atom. The number of methoxy groups -OCH3 is 1. The van der Waals surface area contributed by atoms with Crippen LogP contribution in [0.25, 0.3) is 17.3 Å². The topological polar surface area (TPSA) is 55.0 Å². The summed E-state index contributed by atoms with van der Waals surface area (Å²) in [6, 6.07) is 7.99. The Hall–Kier alpha value is -2.36. The first kappa shape index (κ1) is 12.1. The monoisotopic (exact) mass is 242 g/mol. The zero-order chi connectivity index (χ0) is 12.8. The minimum atomic E-state index is -0.236. The number of hydrogen-bond acceptors (Lipinski definition) is 3. The van der Waals surface area contributed by atoms with Gasteiger partial charge in [-0.3, -0.25) is 4.79 Å². The van der Waals surface area contributed by atoms with Crippen LogP contribution in [0.15, 0.2) is 42.9 Å². The van der Waals surface area contributed by atoms with Crippen molar-refractivity contribution in [2.45, 2.75) is 6.42 Å². The van der Waals surface area contributed by atoms with Gasteiger partial charge in [0, 0.05) is 0 Å². The summed E-state index contributed by atoms with van der Waals surface area (Å²) >= 11 is 0. The first-order chi connectivity index (χ1) is 8.79. The predicted octanol–water partition coefficient (Wildman–Crippen LogP) is 2.65. The van der Waals surface area contributed by atoms with Crippen LogP contribution in [-0.4, -0.2) is 23.0 Å². The van der Waals surface area contributed by atoms with Gasteiger partial charge >= 0.3 is 5.97 Å². The van der Waals surface area contributed by atoms with Gasteiger partial charge < -0.3 is 9.72 Å². The maximum absolute atomic E-state index is 10.9. The summed E-state index contributed by atoms with van der Waals surface area (Å²) in [6.45, 7) is 0. The highest BCUT2D eigenvalue weighted by Gasteiger charge is 1.98. The molecule has 0 unspecified atom stereocenters. The number of imidazole rings is 1. The van der Waals surface area contributed by atoms with Crippen LogP contribution in [0.4, 0.5) is 0 Å².